The molecule has 0 unspecified atom stereocenters. The quantitative estimate of drug-likeness (QED) is 0.640. The molecule has 0 aromatic heterocycles. The lowest BCUT2D eigenvalue weighted by molar-refractivity contribution is 0.162. The van der Waals surface area contributed by atoms with Crippen LogP contribution in [0.5, 0.6) is 11.5 Å². The highest BCUT2D eigenvalue weighted by Gasteiger charge is 2.32. The molecule has 1 aromatic carbocycles. The summed E-state index contributed by atoms with van der Waals surface area (Å²) in [6.07, 6.45) is 4.22. The summed E-state index contributed by atoms with van der Waals surface area (Å²) in [7, 11) is 0. The van der Waals surface area contributed by atoms with E-state index in [4.69, 9.17) is 0 Å². The SMILES string of the molecule is OCC1(NCc2ccc(O)cc2O)CCCC1. The van der Waals surface area contributed by atoms with Gasteiger partial charge in [0.05, 0.1) is 6.61 Å². The van der Waals surface area contributed by atoms with Crippen LogP contribution in [0.15, 0.2) is 18.2 Å². The van der Waals surface area contributed by atoms with Gasteiger partial charge in [-0.3, -0.25) is 0 Å². The number of aliphatic hydroxyl groups is 1. The Bertz CT molecular complexity index is 386. The van der Waals surface area contributed by atoms with Crippen molar-refractivity contribution in [1.82, 2.24) is 5.32 Å². The number of benzene rings is 1. The predicted octanol–water partition coefficient (Wildman–Crippen LogP) is 1.49. The molecule has 0 atom stereocenters. The summed E-state index contributed by atoms with van der Waals surface area (Å²) < 4.78 is 0. The lowest BCUT2D eigenvalue weighted by atomic mass is 9.98. The minimum absolute atomic E-state index is 0.0592. The zero-order valence-electron chi connectivity index (χ0n) is 9.82. The summed E-state index contributed by atoms with van der Waals surface area (Å²) in [6, 6.07) is 4.58. The van der Waals surface area contributed by atoms with E-state index in [2.05, 4.69) is 5.32 Å². The van der Waals surface area contributed by atoms with Crippen LogP contribution in [0.2, 0.25) is 0 Å². The molecule has 4 heteroatoms. The Morgan fingerprint density at radius 3 is 2.47 bits per heavy atom. The van der Waals surface area contributed by atoms with Crippen LogP contribution in [0.4, 0.5) is 0 Å². The van der Waals surface area contributed by atoms with E-state index in [0.29, 0.717) is 6.54 Å². The second kappa shape index (κ2) is 4.94. The smallest absolute Gasteiger partial charge is 0.123 e. The van der Waals surface area contributed by atoms with Gasteiger partial charge in [0.15, 0.2) is 0 Å². The van der Waals surface area contributed by atoms with Gasteiger partial charge in [-0.1, -0.05) is 18.9 Å². The van der Waals surface area contributed by atoms with Crippen molar-refractivity contribution < 1.29 is 15.3 Å². The second-order valence-corrected chi connectivity index (χ2v) is 4.81. The molecule has 4 nitrogen and oxygen atoms in total. The Labute approximate surface area is 101 Å². The predicted molar refractivity (Wildman–Crippen MR) is 64.9 cm³/mol. The van der Waals surface area contributed by atoms with E-state index < -0.39 is 0 Å². The maximum atomic E-state index is 9.66. The number of phenolic OH excluding ortho intramolecular Hbond substituents is 2. The highest BCUT2D eigenvalue weighted by atomic mass is 16.3. The molecule has 0 heterocycles. The molecule has 1 aliphatic rings. The Morgan fingerprint density at radius 1 is 1.18 bits per heavy atom. The fraction of sp³-hybridized carbons (Fsp3) is 0.538. The number of hydrogen-bond acceptors (Lipinski definition) is 4. The van der Waals surface area contributed by atoms with Gasteiger partial charge < -0.3 is 20.6 Å². The second-order valence-electron chi connectivity index (χ2n) is 4.81. The van der Waals surface area contributed by atoms with Crippen molar-refractivity contribution in [3.8, 4) is 11.5 Å². The van der Waals surface area contributed by atoms with Crippen LogP contribution < -0.4 is 5.32 Å². The van der Waals surface area contributed by atoms with Crippen molar-refractivity contribution in [3.63, 3.8) is 0 Å². The first-order valence-electron chi connectivity index (χ1n) is 6.02. The van der Waals surface area contributed by atoms with E-state index in [1.807, 2.05) is 0 Å². The molecule has 94 valence electrons. The Kier molecular flexibility index (Phi) is 3.54. The number of hydrogen-bond donors (Lipinski definition) is 4. The molecule has 0 aliphatic heterocycles. The molecule has 4 N–H and O–H groups in total. The highest BCUT2D eigenvalue weighted by molar-refractivity contribution is 5.38. The van der Waals surface area contributed by atoms with E-state index in [1.165, 1.54) is 6.07 Å². The van der Waals surface area contributed by atoms with Gasteiger partial charge in [-0.25, -0.2) is 0 Å². The Hall–Kier alpha value is -1.26. The maximum absolute atomic E-state index is 9.66. The third kappa shape index (κ3) is 2.70. The molecule has 1 saturated carbocycles. The van der Waals surface area contributed by atoms with Gasteiger partial charge in [0, 0.05) is 23.7 Å². The van der Waals surface area contributed by atoms with Crippen LogP contribution in [0.1, 0.15) is 31.2 Å². The molecule has 2 rings (SSSR count). The molecular weight excluding hydrogens is 218 g/mol. The molecule has 0 radical (unpaired) electrons. The molecule has 0 saturated heterocycles. The lowest BCUT2D eigenvalue weighted by Gasteiger charge is -2.28. The topological polar surface area (TPSA) is 72.7 Å². The van der Waals surface area contributed by atoms with Crippen LogP contribution in [0, 0.1) is 0 Å². The molecule has 0 spiro atoms. The van der Waals surface area contributed by atoms with Gasteiger partial charge >= 0.3 is 0 Å². The Morgan fingerprint density at radius 2 is 1.88 bits per heavy atom. The standard InChI is InChI=1S/C13H19NO3/c15-9-13(5-1-2-6-13)14-8-10-3-4-11(16)7-12(10)17/h3-4,7,14-17H,1-2,5-6,8-9H2. The van der Waals surface area contributed by atoms with Gasteiger partial charge in [-0.15, -0.1) is 0 Å². The minimum atomic E-state index is -0.190. The summed E-state index contributed by atoms with van der Waals surface area (Å²) in [5.41, 5.74) is 0.548. The van der Waals surface area contributed by atoms with Gasteiger partial charge in [-0.2, -0.15) is 0 Å². The number of rotatable bonds is 4. The summed E-state index contributed by atoms with van der Waals surface area (Å²) in [5, 5.41) is 31.6. The largest absolute Gasteiger partial charge is 0.508 e. The van der Waals surface area contributed by atoms with Crippen molar-refractivity contribution in [2.45, 2.75) is 37.8 Å². The first-order chi connectivity index (χ1) is 8.15. The first-order valence-corrected chi connectivity index (χ1v) is 6.02. The van der Waals surface area contributed by atoms with Gasteiger partial charge in [0.25, 0.3) is 0 Å². The number of nitrogens with one attached hydrogen (secondary N) is 1. The van der Waals surface area contributed by atoms with E-state index in [-0.39, 0.29) is 23.6 Å². The number of aromatic hydroxyl groups is 2. The molecule has 1 aliphatic carbocycles. The van der Waals surface area contributed by atoms with Crippen LogP contribution in [-0.2, 0) is 6.54 Å². The average Bonchev–Trinajstić information content (AvgIpc) is 2.77. The fourth-order valence-electron chi connectivity index (χ4n) is 2.43. The zero-order valence-corrected chi connectivity index (χ0v) is 9.82. The molecule has 1 aromatic rings. The summed E-state index contributed by atoms with van der Waals surface area (Å²) in [4.78, 5) is 0. The van der Waals surface area contributed by atoms with Gasteiger partial charge in [0.1, 0.15) is 11.5 Å². The van der Waals surface area contributed by atoms with Crippen LogP contribution in [0.25, 0.3) is 0 Å². The van der Waals surface area contributed by atoms with Crippen LogP contribution in [0.3, 0.4) is 0 Å². The van der Waals surface area contributed by atoms with Crippen molar-refractivity contribution in [1.29, 1.82) is 0 Å². The number of phenols is 2. The van der Waals surface area contributed by atoms with E-state index in [0.717, 1.165) is 31.2 Å². The van der Waals surface area contributed by atoms with E-state index in [9.17, 15) is 15.3 Å². The third-order valence-corrected chi connectivity index (χ3v) is 3.59. The average molecular weight is 237 g/mol. The monoisotopic (exact) mass is 237 g/mol. The van der Waals surface area contributed by atoms with Crippen molar-refractivity contribution in [2.75, 3.05) is 6.61 Å². The Balaban J connectivity index is 2.01. The van der Waals surface area contributed by atoms with Gasteiger partial charge in [-0.05, 0) is 18.9 Å². The summed E-state index contributed by atoms with van der Waals surface area (Å²) >= 11 is 0. The normalized spacial score (nSPS) is 18.4. The molecule has 0 bridgehead atoms. The first kappa shape index (κ1) is 12.2. The van der Waals surface area contributed by atoms with Crippen molar-refractivity contribution >= 4 is 0 Å². The highest BCUT2D eigenvalue weighted by Crippen LogP contribution is 2.30. The third-order valence-electron chi connectivity index (χ3n) is 3.59. The molecular formula is C13H19NO3. The molecule has 1 fully saturated rings. The summed E-state index contributed by atoms with van der Waals surface area (Å²) in [6.45, 7) is 0.637. The van der Waals surface area contributed by atoms with Crippen molar-refractivity contribution in [2.24, 2.45) is 0 Å². The fourth-order valence-corrected chi connectivity index (χ4v) is 2.43. The van der Waals surface area contributed by atoms with Crippen LogP contribution in [-0.4, -0.2) is 27.5 Å². The maximum Gasteiger partial charge on any atom is 0.123 e. The number of aliphatic hydroxyl groups excluding tert-OH is 1. The van der Waals surface area contributed by atoms with Gasteiger partial charge in [0.2, 0.25) is 0 Å². The lowest BCUT2D eigenvalue weighted by Crippen LogP contribution is -2.45. The van der Waals surface area contributed by atoms with Crippen molar-refractivity contribution in [3.05, 3.63) is 23.8 Å². The minimum Gasteiger partial charge on any atom is -0.508 e. The van der Waals surface area contributed by atoms with E-state index >= 15 is 0 Å². The van der Waals surface area contributed by atoms with Crippen LogP contribution >= 0.6 is 0 Å². The molecule has 17 heavy (non-hydrogen) atoms. The zero-order chi connectivity index (χ0) is 12.3. The molecule has 0 amide bonds. The van der Waals surface area contributed by atoms with E-state index in [1.54, 1.807) is 12.1 Å². The summed E-state index contributed by atoms with van der Waals surface area (Å²) in [5.74, 6) is 0.146.